The predicted octanol–water partition coefficient (Wildman–Crippen LogP) is 1.31. The van der Waals surface area contributed by atoms with Gasteiger partial charge in [0.1, 0.15) is 0 Å². The molecule has 6 heteroatoms. The van der Waals surface area contributed by atoms with Crippen molar-refractivity contribution in [2.75, 3.05) is 52.7 Å². The number of anilines is 1. The zero-order valence-electron chi connectivity index (χ0n) is 13.6. The van der Waals surface area contributed by atoms with Crippen molar-refractivity contribution < 1.29 is 4.74 Å². The topological polar surface area (TPSA) is 53.5 Å². The average Bonchev–Trinajstić information content (AvgIpc) is 2.47. The maximum Gasteiger partial charge on any atom is 0.226 e. The molecule has 0 unspecified atom stereocenters. The summed E-state index contributed by atoms with van der Waals surface area (Å²) < 4.78 is 5.42. The van der Waals surface area contributed by atoms with Crippen LogP contribution in [0.2, 0.25) is 0 Å². The van der Waals surface area contributed by atoms with Crippen molar-refractivity contribution in [3.05, 3.63) is 12.3 Å². The van der Waals surface area contributed by atoms with Gasteiger partial charge in [-0.2, -0.15) is 4.98 Å². The number of likely N-dealkylation sites (N-methyl/N-ethyl adjacent to an activating group) is 1. The molecule has 6 nitrogen and oxygen atoms in total. The van der Waals surface area contributed by atoms with E-state index in [0.717, 1.165) is 32.5 Å². The normalized spacial score (nSPS) is 18.7. The number of nitrogens with zero attached hydrogens (tertiary/aromatic N) is 4. The zero-order valence-corrected chi connectivity index (χ0v) is 13.6. The third-order valence-electron chi connectivity index (χ3n) is 4.36. The fourth-order valence-corrected chi connectivity index (χ4v) is 2.72. The third kappa shape index (κ3) is 4.04. The Balaban J connectivity index is 2.00. The average molecular weight is 293 g/mol. The van der Waals surface area contributed by atoms with Gasteiger partial charge in [-0.15, -0.1) is 0 Å². The summed E-state index contributed by atoms with van der Waals surface area (Å²) in [6.45, 7) is 5.67. The Hall–Kier alpha value is -1.40. The van der Waals surface area contributed by atoms with E-state index in [-0.39, 0.29) is 5.54 Å². The molecule has 1 fully saturated rings. The summed E-state index contributed by atoms with van der Waals surface area (Å²) in [5.74, 6) is 1.26. The molecule has 1 saturated heterocycles. The lowest BCUT2D eigenvalue weighted by molar-refractivity contribution is 0.0772. The monoisotopic (exact) mass is 293 g/mol. The van der Waals surface area contributed by atoms with Crippen molar-refractivity contribution in [3.63, 3.8) is 0 Å². The summed E-state index contributed by atoms with van der Waals surface area (Å²) in [4.78, 5) is 13.4. The molecule has 0 saturated carbocycles. The van der Waals surface area contributed by atoms with Gasteiger partial charge in [-0.05, 0) is 54.0 Å². The Bertz CT molecular complexity index is 443. The summed E-state index contributed by atoms with van der Waals surface area (Å²) in [5.41, 5.74) is 0.164. The molecule has 0 aliphatic carbocycles. The molecule has 1 N–H and O–H groups in total. The lowest BCUT2D eigenvalue weighted by atomic mass is 9.86. The lowest BCUT2D eigenvalue weighted by Gasteiger charge is -2.45. The molecular weight excluding hydrogens is 266 g/mol. The first kappa shape index (κ1) is 16.0. The molecule has 0 atom stereocenters. The highest BCUT2D eigenvalue weighted by Crippen LogP contribution is 2.26. The van der Waals surface area contributed by atoms with Gasteiger partial charge in [0.25, 0.3) is 0 Å². The molecule has 0 radical (unpaired) electrons. The molecule has 1 aromatic heterocycles. The molecule has 21 heavy (non-hydrogen) atoms. The molecule has 0 aromatic carbocycles. The third-order valence-corrected chi connectivity index (χ3v) is 4.36. The van der Waals surface area contributed by atoms with Crippen LogP contribution in [0, 0.1) is 0 Å². The van der Waals surface area contributed by atoms with Gasteiger partial charge in [-0.25, -0.2) is 4.98 Å². The molecule has 0 bridgehead atoms. The fraction of sp³-hybridized carbons (Fsp3) is 0.733. The number of hydrogen-bond acceptors (Lipinski definition) is 6. The molecule has 1 aromatic rings. The smallest absolute Gasteiger partial charge is 0.226 e. The summed E-state index contributed by atoms with van der Waals surface area (Å²) in [6.07, 6.45) is 4.03. The van der Waals surface area contributed by atoms with Crippen LogP contribution in [-0.2, 0) is 0 Å². The number of hydrogen-bond donors (Lipinski definition) is 1. The Labute approximate surface area is 127 Å². The van der Waals surface area contributed by atoms with E-state index in [1.165, 1.54) is 0 Å². The largest absolute Gasteiger partial charge is 0.478 e. The van der Waals surface area contributed by atoms with Crippen LogP contribution in [0.5, 0.6) is 5.88 Å². The minimum atomic E-state index is 0.164. The number of ether oxygens (including phenoxy) is 1. The van der Waals surface area contributed by atoms with E-state index < -0.39 is 0 Å². The molecule has 0 spiro atoms. The number of piperidine rings is 1. The second-order valence-electron chi connectivity index (χ2n) is 5.93. The molecular formula is C15H27N5O. The quantitative estimate of drug-likeness (QED) is 0.853. The van der Waals surface area contributed by atoms with E-state index >= 15 is 0 Å². The van der Waals surface area contributed by atoms with E-state index in [1.54, 1.807) is 12.3 Å². The molecule has 2 rings (SSSR count). The fourth-order valence-electron chi connectivity index (χ4n) is 2.72. The van der Waals surface area contributed by atoms with Crippen molar-refractivity contribution >= 4 is 5.95 Å². The minimum absolute atomic E-state index is 0.164. The van der Waals surface area contributed by atoms with Gasteiger partial charge in [-0.1, -0.05) is 0 Å². The van der Waals surface area contributed by atoms with Gasteiger partial charge < -0.3 is 19.9 Å². The summed E-state index contributed by atoms with van der Waals surface area (Å²) >= 11 is 0. The Morgan fingerprint density at radius 1 is 1.38 bits per heavy atom. The van der Waals surface area contributed by atoms with E-state index in [0.29, 0.717) is 18.4 Å². The second-order valence-corrected chi connectivity index (χ2v) is 5.93. The molecule has 1 aliphatic rings. The van der Waals surface area contributed by atoms with E-state index in [2.05, 4.69) is 46.2 Å². The highest BCUT2D eigenvalue weighted by Gasteiger charge is 2.35. The molecule has 2 heterocycles. The molecule has 118 valence electrons. The van der Waals surface area contributed by atoms with Crippen LogP contribution >= 0.6 is 0 Å². The van der Waals surface area contributed by atoms with Crippen molar-refractivity contribution in [1.29, 1.82) is 0 Å². The number of aromatic nitrogens is 2. The maximum absolute atomic E-state index is 5.42. The van der Waals surface area contributed by atoms with Crippen molar-refractivity contribution in [2.45, 2.75) is 25.3 Å². The van der Waals surface area contributed by atoms with Gasteiger partial charge in [0, 0.05) is 24.3 Å². The van der Waals surface area contributed by atoms with Crippen LogP contribution in [0.3, 0.4) is 0 Å². The summed E-state index contributed by atoms with van der Waals surface area (Å²) in [6, 6.07) is 1.78. The van der Waals surface area contributed by atoms with Gasteiger partial charge in [0.2, 0.25) is 11.8 Å². The first-order valence-corrected chi connectivity index (χ1v) is 7.61. The van der Waals surface area contributed by atoms with Crippen molar-refractivity contribution in [1.82, 2.24) is 19.8 Å². The van der Waals surface area contributed by atoms with Crippen LogP contribution in [-0.4, -0.2) is 72.7 Å². The number of likely N-dealkylation sites (tertiary alicyclic amines) is 1. The Kier molecular flexibility index (Phi) is 5.36. The second kappa shape index (κ2) is 7.04. The van der Waals surface area contributed by atoms with Crippen molar-refractivity contribution in [2.24, 2.45) is 0 Å². The van der Waals surface area contributed by atoms with E-state index in [1.807, 2.05) is 6.92 Å². The van der Waals surface area contributed by atoms with Crippen LogP contribution in [0.15, 0.2) is 12.3 Å². The first-order chi connectivity index (χ1) is 10.1. The van der Waals surface area contributed by atoms with E-state index in [4.69, 9.17) is 4.74 Å². The van der Waals surface area contributed by atoms with Gasteiger partial charge in [0.05, 0.1) is 6.61 Å². The maximum atomic E-state index is 5.42. The number of nitrogens with one attached hydrogen (secondary N) is 1. The number of rotatable bonds is 6. The zero-order chi connectivity index (χ0) is 15.3. The highest BCUT2D eigenvalue weighted by molar-refractivity contribution is 5.28. The summed E-state index contributed by atoms with van der Waals surface area (Å²) in [5, 5.41) is 3.39. The highest BCUT2D eigenvalue weighted by atomic mass is 16.5. The van der Waals surface area contributed by atoms with Gasteiger partial charge in [0.15, 0.2) is 0 Å². The van der Waals surface area contributed by atoms with Crippen LogP contribution in [0.25, 0.3) is 0 Å². The first-order valence-electron chi connectivity index (χ1n) is 7.61. The Morgan fingerprint density at radius 2 is 2.10 bits per heavy atom. The Morgan fingerprint density at radius 3 is 2.71 bits per heavy atom. The van der Waals surface area contributed by atoms with Crippen molar-refractivity contribution in [3.8, 4) is 5.88 Å². The molecule has 1 aliphatic heterocycles. The lowest BCUT2D eigenvalue weighted by Crippen LogP contribution is -2.55. The van der Waals surface area contributed by atoms with Gasteiger partial charge in [-0.3, -0.25) is 0 Å². The minimum Gasteiger partial charge on any atom is -0.478 e. The molecule has 0 amide bonds. The van der Waals surface area contributed by atoms with Gasteiger partial charge >= 0.3 is 0 Å². The SMILES string of the molecule is CCOc1ccnc(NCC2(N(C)C)CCN(C)CC2)n1. The van der Waals surface area contributed by atoms with Crippen LogP contribution in [0.4, 0.5) is 5.95 Å². The van der Waals surface area contributed by atoms with Crippen LogP contribution in [0.1, 0.15) is 19.8 Å². The summed E-state index contributed by atoms with van der Waals surface area (Å²) in [7, 11) is 6.50. The standard InChI is InChI=1S/C15H27N5O/c1-5-21-13-6-9-16-14(18-13)17-12-15(19(2)3)7-10-20(4)11-8-15/h6,9H,5,7-8,10-12H2,1-4H3,(H,16,17,18). The van der Waals surface area contributed by atoms with Crippen LogP contribution < -0.4 is 10.1 Å². The van der Waals surface area contributed by atoms with E-state index in [9.17, 15) is 0 Å². The predicted molar refractivity (Wildman–Crippen MR) is 84.8 cm³/mol.